The molecule has 0 aliphatic carbocycles. The molecule has 1 saturated heterocycles. The molecule has 1 aliphatic rings. The molecule has 0 aromatic heterocycles. The van der Waals surface area contributed by atoms with Crippen molar-refractivity contribution in [2.75, 3.05) is 11.4 Å². The maximum atomic E-state index is 13.1. The quantitative estimate of drug-likeness (QED) is 0.487. The molecule has 1 atom stereocenters. The van der Waals surface area contributed by atoms with Gasteiger partial charge in [0, 0.05) is 12.2 Å². The molecule has 0 radical (unpaired) electrons. The van der Waals surface area contributed by atoms with Crippen molar-refractivity contribution in [3.63, 3.8) is 0 Å². The summed E-state index contributed by atoms with van der Waals surface area (Å²) in [5, 5.41) is 0. The number of hydrogen-bond acceptors (Lipinski definition) is 2. The van der Waals surface area contributed by atoms with Gasteiger partial charge in [-0.3, -0.25) is 14.6 Å². The van der Waals surface area contributed by atoms with Crippen LogP contribution in [0.3, 0.4) is 0 Å². The van der Waals surface area contributed by atoms with Gasteiger partial charge in [-0.05, 0) is 24.1 Å². The Morgan fingerprint density at radius 3 is 2.08 bits per heavy atom. The van der Waals surface area contributed by atoms with Crippen molar-refractivity contribution in [3.05, 3.63) is 66.2 Å². The highest BCUT2D eigenvalue weighted by Gasteiger charge is 2.46. The number of para-hydroxylation sites is 1. The number of urea groups is 1. The van der Waals surface area contributed by atoms with Crippen molar-refractivity contribution in [3.8, 4) is 0 Å². The molecule has 1 unspecified atom stereocenters. The van der Waals surface area contributed by atoms with Crippen LogP contribution in [0.15, 0.2) is 60.7 Å². The Morgan fingerprint density at radius 2 is 1.42 bits per heavy atom. The van der Waals surface area contributed by atoms with Gasteiger partial charge in [-0.1, -0.05) is 81.1 Å². The van der Waals surface area contributed by atoms with Gasteiger partial charge < -0.3 is 0 Å². The van der Waals surface area contributed by atoms with E-state index in [2.05, 4.69) is 6.92 Å². The lowest BCUT2D eigenvalue weighted by Crippen LogP contribution is -2.33. The molecular formula is C22H26N2O2. The summed E-state index contributed by atoms with van der Waals surface area (Å²) >= 11 is 0. The van der Waals surface area contributed by atoms with E-state index in [9.17, 15) is 9.59 Å². The van der Waals surface area contributed by atoms with Gasteiger partial charge in [-0.25, -0.2) is 4.79 Å². The summed E-state index contributed by atoms with van der Waals surface area (Å²) in [4.78, 5) is 29.2. The summed E-state index contributed by atoms with van der Waals surface area (Å²) in [5.74, 6) is -0.124. The molecule has 3 rings (SSSR count). The molecule has 4 nitrogen and oxygen atoms in total. The van der Waals surface area contributed by atoms with Crippen LogP contribution >= 0.6 is 0 Å². The van der Waals surface area contributed by atoms with Crippen LogP contribution in [0.4, 0.5) is 10.5 Å². The number of unbranched alkanes of at least 4 members (excludes halogenated alkanes) is 4. The van der Waals surface area contributed by atoms with Crippen LogP contribution in [0.1, 0.15) is 50.6 Å². The summed E-state index contributed by atoms with van der Waals surface area (Å²) in [6.07, 6.45) is 5.44. The number of hydrogen-bond donors (Lipinski definition) is 0. The highest BCUT2D eigenvalue weighted by atomic mass is 16.2. The van der Waals surface area contributed by atoms with E-state index in [4.69, 9.17) is 0 Å². The first-order valence-electron chi connectivity index (χ1n) is 9.48. The molecule has 0 N–H and O–H groups in total. The molecule has 3 amide bonds. The van der Waals surface area contributed by atoms with Crippen LogP contribution in [0.25, 0.3) is 0 Å². The van der Waals surface area contributed by atoms with Crippen molar-refractivity contribution in [1.82, 2.24) is 4.90 Å². The molecule has 1 fully saturated rings. The molecule has 136 valence electrons. The lowest BCUT2D eigenvalue weighted by atomic mass is 10.1. The SMILES string of the molecule is CCCCCCCN1C(=O)C(c2ccccc2)N(c2ccccc2)C1=O. The topological polar surface area (TPSA) is 40.6 Å². The third-order valence-corrected chi connectivity index (χ3v) is 4.83. The number of carbonyl (C=O) groups is 2. The molecular weight excluding hydrogens is 324 g/mol. The first kappa shape index (κ1) is 18.2. The molecule has 0 spiro atoms. The molecule has 26 heavy (non-hydrogen) atoms. The number of rotatable bonds is 8. The third-order valence-electron chi connectivity index (χ3n) is 4.83. The van der Waals surface area contributed by atoms with Crippen molar-refractivity contribution < 1.29 is 9.59 Å². The second-order valence-corrected chi connectivity index (χ2v) is 6.71. The molecule has 0 bridgehead atoms. The van der Waals surface area contributed by atoms with Crippen LogP contribution in [0.5, 0.6) is 0 Å². The number of carbonyl (C=O) groups excluding carboxylic acids is 2. The van der Waals surface area contributed by atoms with Crippen LogP contribution in [-0.2, 0) is 4.79 Å². The number of anilines is 1. The van der Waals surface area contributed by atoms with E-state index in [1.165, 1.54) is 17.7 Å². The summed E-state index contributed by atoms with van der Waals surface area (Å²) < 4.78 is 0. The van der Waals surface area contributed by atoms with Gasteiger partial charge >= 0.3 is 6.03 Å². The van der Waals surface area contributed by atoms with Gasteiger partial charge in [0.05, 0.1) is 0 Å². The van der Waals surface area contributed by atoms with Crippen molar-refractivity contribution in [2.24, 2.45) is 0 Å². The minimum atomic E-state index is -0.582. The van der Waals surface area contributed by atoms with E-state index >= 15 is 0 Å². The summed E-state index contributed by atoms with van der Waals surface area (Å²) in [7, 11) is 0. The number of benzene rings is 2. The molecule has 0 saturated carbocycles. The average molecular weight is 350 g/mol. The molecule has 1 aliphatic heterocycles. The van der Waals surface area contributed by atoms with E-state index < -0.39 is 6.04 Å². The van der Waals surface area contributed by atoms with Gasteiger partial charge in [-0.15, -0.1) is 0 Å². The van der Waals surface area contributed by atoms with Gasteiger partial charge in [0.1, 0.15) is 6.04 Å². The Morgan fingerprint density at radius 1 is 0.808 bits per heavy atom. The second-order valence-electron chi connectivity index (χ2n) is 6.71. The Hall–Kier alpha value is -2.62. The highest BCUT2D eigenvalue weighted by molar-refractivity contribution is 6.14. The fourth-order valence-electron chi connectivity index (χ4n) is 3.45. The van der Waals surface area contributed by atoms with E-state index in [1.54, 1.807) is 4.90 Å². The van der Waals surface area contributed by atoms with Crippen LogP contribution in [0, 0.1) is 0 Å². The van der Waals surface area contributed by atoms with E-state index in [1.807, 2.05) is 60.7 Å². The van der Waals surface area contributed by atoms with Crippen molar-refractivity contribution in [1.29, 1.82) is 0 Å². The molecule has 2 aromatic carbocycles. The molecule has 4 heteroatoms. The van der Waals surface area contributed by atoms with Gasteiger partial charge in [-0.2, -0.15) is 0 Å². The standard InChI is InChI=1S/C22H26N2O2/c1-2-3-4-5-12-17-23-21(25)20(18-13-8-6-9-14-18)24(22(23)26)19-15-10-7-11-16-19/h6-11,13-16,20H,2-5,12,17H2,1H3. The fourth-order valence-corrected chi connectivity index (χ4v) is 3.45. The average Bonchev–Trinajstić information content (AvgIpc) is 2.93. The van der Waals surface area contributed by atoms with Crippen molar-refractivity contribution in [2.45, 2.75) is 45.1 Å². The first-order chi connectivity index (χ1) is 12.7. The van der Waals surface area contributed by atoms with Gasteiger partial charge in [0.2, 0.25) is 0 Å². The summed E-state index contributed by atoms with van der Waals surface area (Å²) in [6.45, 7) is 2.67. The second kappa shape index (κ2) is 8.65. The monoisotopic (exact) mass is 350 g/mol. The third kappa shape index (κ3) is 3.79. The van der Waals surface area contributed by atoms with E-state index in [-0.39, 0.29) is 11.9 Å². The van der Waals surface area contributed by atoms with Crippen molar-refractivity contribution >= 4 is 17.6 Å². The van der Waals surface area contributed by atoms with Crippen LogP contribution in [-0.4, -0.2) is 23.4 Å². The number of nitrogens with zero attached hydrogens (tertiary/aromatic N) is 2. The predicted molar refractivity (Wildman–Crippen MR) is 104 cm³/mol. The fraction of sp³-hybridized carbons (Fsp3) is 0.364. The zero-order chi connectivity index (χ0) is 18.4. The number of imide groups is 1. The first-order valence-corrected chi connectivity index (χ1v) is 9.48. The minimum absolute atomic E-state index is 0.124. The zero-order valence-electron chi connectivity index (χ0n) is 15.3. The summed E-state index contributed by atoms with van der Waals surface area (Å²) in [6, 6.07) is 18.2. The van der Waals surface area contributed by atoms with Crippen LogP contribution in [0.2, 0.25) is 0 Å². The van der Waals surface area contributed by atoms with Gasteiger partial charge in [0.15, 0.2) is 0 Å². The Kier molecular flexibility index (Phi) is 6.05. The lowest BCUT2D eigenvalue weighted by molar-refractivity contribution is -0.127. The maximum absolute atomic E-state index is 13.1. The lowest BCUT2D eigenvalue weighted by Gasteiger charge is -2.22. The zero-order valence-corrected chi connectivity index (χ0v) is 15.3. The number of amides is 3. The van der Waals surface area contributed by atoms with Gasteiger partial charge in [0.25, 0.3) is 5.91 Å². The molecule has 2 aromatic rings. The highest BCUT2D eigenvalue weighted by Crippen LogP contribution is 2.35. The van der Waals surface area contributed by atoms with E-state index in [0.29, 0.717) is 6.54 Å². The summed E-state index contributed by atoms with van der Waals surface area (Å²) in [5.41, 5.74) is 1.61. The normalized spacial score (nSPS) is 17.2. The Bertz CT molecular complexity index is 673. The smallest absolute Gasteiger partial charge is 0.277 e. The van der Waals surface area contributed by atoms with Crippen LogP contribution < -0.4 is 4.90 Å². The largest absolute Gasteiger partial charge is 0.332 e. The predicted octanol–water partition coefficient (Wildman–Crippen LogP) is 5.17. The molecule has 1 heterocycles. The minimum Gasteiger partial charge on any atom is -0.277 e. The van der Waals surface area contributed by atoms with E-state index in [0.717, 1.165) is 30.5 Å². The Balaban J connectivity index is 1.83. The Labute approximate surface area is 155 Å². The maximum Gasteiger partial charge on any atom is 0.332 e.